The monoisotopic (exact) mass is 508 g/mol. The average molecular weight is 509 g/mol. The SMILES string of the molecule is COc1ccc2nccc(C(F)CC[C@@H]3CCN(CC#Cc4sccc4C)C[C@@H]3CCC(=O)O)c2c1. The minimum Gasteiger partial charge on any atom is -0.497 e. The zero-order valence-corrected chi connectivity index (χ0v) is 21.7. The lowest BCUT2D eigenvalue weighted by molar-refractivity contribution is -0.137. The van der Waals surface area contributed by atoms with E-state index in [2.05, 4.69) is 40.1 Å². The molecule has 3 aromatic rings. The van der Waals surface area contributed by atoms with Gasteiger partial charge in [0.15, 0.2) is 0 Å². The van der Waals surface area contributed by atoms with E-state index in [1.807, 2.05) is 18.2 Å². The van der Waals surface area contributed by atoms with Crippen molar-refractivity contribution in [2.75, 3.05) is 26.7 Å². The maximum Gasteiger partial charge on any atom is 0.303 e. The number of aryl methyl sites for hydroxylation is 1. The van der Waals surface area contributed by atoms with Crippen molar-refractivity contribution >= 4 is 28.2 Å². The number of ether oxygens (including phenoxy) is 1. The second-order valence-electron chi connectivity index (χ2n) is 9.54. The first-order valence-electron chi connectivity index (χ1n) is 12.5. The quantitative estimate of drug-likeness (QED) is 0.346. The third-order valence-corrected chi connectivity index (χ3v) is 8.11. The number of fused-ring (bicyclic) bond motifs is 1. The average Bonchev–Trinajstić information content (AvgIpc) is 3.30. The van der Waals surface area contributed by atoms with Gasteiger partial charge in [-0.1, -0.05) is 11.8 Å². The molecule has 0 radical (unpaired) electrons. The molecule has 1 unspecified atom stereocenters. The van der Waals surface area contributed by atoms with Crippen molar-refractivity contribution in [3.8, 4) is 17.6 Å². The van der Waals surface area contributed by atoms with Crippen molar-refractivity contribution in [2.24, 2.45) is 11.8 Å². The summed E-state index contributed by atoms with van der Waals surface area (Å²) in [6.07, 6.45) is 3.37. The number of hydrogen-bond donors (Lipinski definition) is 1. The Balaban J connectivity index is 1.40. The van der Waals surface area contributed by atoms with Crippen LogP contribution in [0, 0.1) is 30.6 Å². The van der Waals surface area contributed by atoms with Crippen molar-refractivity contribution in [1.29, 1.82) is 0 Å². The van der Waals surface area contributed by atoms with Crippen molar-refractivity contribution in [3.05, 3.63) is 57.9 Å². The Labute approximate surface area is 216 Å². The predicted molar refractivity (Wildman–Crippen MR) is 142 cm³/mol. The molecule has 0 saturated carbocycles. The van der Waals surface area contributed by atoms with Crippen molar-refractivity contribution in [1.82, 2.24) is 9.88 Å². The van der Waals surface area contributed by atoms with Gasteiger partial charge in [0.25, 0.3) is 0 Å². The maximum atomic E-state index is 15.5. The second-order valence-corrected chi connectivity index (χ2v) is 10.5. The topological polar surface area (TPSA) is 62.7 Å². The molecule has 1 aliphatic rings. The summed E-state index contributed by atoms with van der Waals surface area (Å²) in [6, 6.07) is 9.36. The molecule has 1 aliphatic heterocycles. The van der Waals surface area contributed by atoms with Crippen LogP contribution in [0.3, 0.4) is 0 Å². The second kappa shape index (κ2) is 12.3. The van der Waals surface area contributed by atoms with Crippen molar-refractivity contribution in [2.45, 2.75) is 45.2 Å². The number of carboxylic acids is 1. The van der Waals surface area contributed by atoms with Gasteiger partial charge in [-0.15, -0.1) is 11.3 Å². The molecular formula is C29H33FN2O3S. The summed E-state index contributed by atoms with van der Waals surface area (Å²) in [5.74, 6) is 6.99. The number of nitrogens with zero attached hydrogens (tertiary/aromatic N) is 2. The van der Waals surface area contributed by atoms with Crippen LogP contribution in [0.4, 0.5) is 4.39 Å². The number of alkyl halides is 1. The number of halogens is 1. The highest BCUT2D eigenvalue weighted by Gasteiger charge is 2.30. The molecule has 0 spiro atoms. The molecule has 1 aromatic carbocycles. The number of carboxylic acid groups (broad SMARTS) is 1. The molecule has 0 bridgehead atoms. The lowest BCUT2D eigenvalue weighted by Crippen LogP contribution is -2.41. The van der Waals surface area contributed by atoms with E-state index in [0.29, 0.717) is 36.6 Å². The molecule has 1 fully saturated rings. The summed E-state index contributed by atoms with van der Waals surface area (Å²) in [7, 11) is 1.60. The molecule has 2 aromatic heterocycles. The Hall–Kier alpha value is -2.95. The van der Waals surface area contributed by atoms with Crippen LogP contribution in [-0.4, -0.2) is 47.7 Å². The van der Waals surface area contributed by atoms with E-state index in [4.69, 9.17) is 4.74 Å². The Morgan fingerprint density at radius 3 is 2.92 bits per heavy atom. The van der Waals surface area contributed by atoms with Gasteiger partial charge in [0.2, 0.25) is 0 Å². The smallest absolute Gasteiger partial charge is 0.303 e. The number of aliphatic carboxylic acids is 1. The van der Waals surface area contributed by atoms with Crippen LogP contribution in [0.15, 0.2) is 41.9 Å². The van der Waals surface area contributed by atoms with Crippen LogP contribution in [0.1, 0.15) is 54.3 Å². The first-order chi connectivity index (χ1) is 17.4. The molecule has 0 aliphatic carbocycles. The summed E-state index contributed by atoms with van der Waals surface area (Å²) < 4.78 is 20.8. The molecule has 1 saturated heterocycles. The molecule has 0 amide bonds. The first-order valence-corrected chi connectivity index (χ1v) is 13.4. The number of aromatic nitrogens is 1. The van der Waals surface area contributed by atoms with E-state index in [1.54, 1.807) is 30.7 Å². The highest BCUT2D eigenvalue weighted by molar-refractivity contribution is 7.10. The third kappa shape index (κ3) is 6.63. The van der Waals surface area contributed by atoms with Gasteiger partial charge in [-0.25, -0.2) is 4.39 Å². The van der Waals surface area contributed by atoms with E-state index >= 15 is 4.39 Å². The van der Waals surface area contributed by atoms with Crippen LogP contribution in [0.25, 0.3) is 10.9 Å². The van der Waals surface area contributed by atoms with Gasteiger partial charge in [0, 0.05) is 24.5 Å². The van der Waals surface area contributed by atoms with Crippen LogP contribution in [0.5, 0.6) is 5.75 Å². The van der Waals surface area contributed by atoms with E-state index in [0.717, 1.165) is 41.7 Å². The Morgan fingerprint density at radius 2 is 2.17 bits per heavy atom. The van der Waals surface area contributed by atoms with Crippen LogP contribution < -0.4 is 4.74 Å². The summed E-state index contributed by atoms with van der Waals surface area (Å²) in [6.45, 7) is 4.45. The van der Waals surface area contributed by atoms with Crippen LogP contribution >= 0.6 is 11.3 Å². The summed E-state index contributed by atoms with van der Waals surface area (Å²) in [4.78, 5) is 19.1. The Kier molecular flexibility index (Phi) is 8.95. The number of methoxy groups -OCH3 is 1. The zero-order valence-electron chi connectivity index (χ0n) is 20.9. The van der Waals surface area contributed by atoms with Crippen molar-refractivity contribution < 1.29 is 19.0 Å². The number of piperidine rings is 1. The summed E-state index contributed by atoms with van der Waals surface area (Å²) in [5.41, 5.74) is 2.59. The molecule has 4 rings (SSSR count). The summed E-state index contributed by atoms with van der Waals surface area (Å²) in [5, 5.41) is 12.1. The molecule has 190 valence electrons. The van der Waals surface area contributed by atoms with E-state index in [1.165, 1.54) is 5.56 Å². The predicted octanol–water partition coefficient (Wildman–Crippen LogP) is 6.26. The highest BCUT2D eigenvalue weighted by Crippen LogP contribution is 2.36. The molecule has 3 atom stereocenters. The number of carbonyl (C=O) groups is 1. The number of pyridine rings is 1. The maximum absolute atomic E-state index is 15.5. The minimum absolute atomic E-state index is 0.142. The number of benzene rings is 1. The van der Waals surface area contributed by atoms with E-state index in [-0.39, 0.29) is 12.3 Å². The van der Waals surface area contributed by atoms with Crippen LogP contribution in [0.2, 0.25) is 0 Å². The molecule has 3 heterocycles. The van der Waals surface area contributed by atoms with Crippen molar-refractivity contribution in [3.63, 3.8) is 0 Å². The fraction of sp³-hybridized carbons (Fsp3) is 0.448. The van der Waals surface area contributed by atoms with Gasteiger partial charge in [0.05, 0.1) is 24.0 Å². The fourth-order valence-electron chi connectivity index (χ4n) is 5.11. The van der Waals surface area contributed by atoms with E-state index < -0.39 is 12.1 Å². The molecule has 1 N–H and O–H groups in total. The fourth-order valence-corrected chi connectivity index (χ4v) is 5.90. The lowest BCUT2D eigenvalue weighted by atomic mass is 9.79. The molecular weight excluding hydrogens is 475 g/mol. The number of hydrogen-bond acceptors (Lipinski definition) is 5. The molecule has 5 nitrogen and oxygen atoms in total. The Bertz CT molecular complexity index is 1250. The normalized spacial score (nSPS) is 19.0. The van der Waals surface area contributed by atoms with Gasteiger partial charge < -0.3 is 9.84 Å². The minimum atomic E-state index is -1.11. The Morgan fingerprint density at radius 1 is 1.31 bits per heavy atom. The largest absolute Gasteiger partial charge is 0.497 e. The number of rotatable bonds is 9. The zero-order chi connectivity index (χ0) is 25.5. The summed E-state index contributed by atoms with van der Waals surface area (Å²) >= 11 is 1.65. The van der Waals surface area contributed by atoms with Gasteiger partial charge in [-0.2, -0.15) is 0 Å². The standard InChI is InChI=1S/C29H33FN2O3S/c1-20-13-17-36-28(20)4-3-15-32-16-12-21(22(19-32)6-10-29(33)34)5-8-26(30)24-11-14-31-27-9-7-23(35-2)18-25(24)27/h7,9,11,13-14,17-18,21-22,26H,5-6,8,10,12,15-16,19H2,1-2H3,(H,33,34)/t21-,22+,26?/m1/s1. The third-order valence-electron chi connectivity index (χ3n) is 7.18. The first kappa shape index (κ1) is 26.1. The molecule has 7 heteroatoms. The van der Waals surface area contributed by atoms with Gasteiger partial charge in [-0.05, 0) is 97.8 Å². The van der Waals surface area contributed by atoms with Crippen LogP contribution in [-0.2, 0) is 4.79 Å². The lowest BCUT2D eigenvalue weighted by Gasteiger charge is -2.38. The van der Waals surface area contributed by atoms with Gasteiger partial charge in [-0.3, -0.25) is 14.7 Å². The number of likely N-dealkylation sites (tertiary alicyclic amines) is 1. The number of thiophene rings is 1. The van der Waals surface area contributed by atoms with Gasteiger partial charge in [0.1, 0.15) is 11.9 Å². The van der Waals surface area contributed by atoms with E-state index in [9.17, 15) is 9.90 Å². The highest BCUT2D eigenvalue weighted by atomic mass is 32.1. The molecule has 36 heavy (non-hydrogen) atoms. The van der Waals surface area contributed by atoms with Gasteiger partial charge >= 0.3 is 5.97 Å².